The van der Waals surface area contributed by atoms with Gasteiger partial charge in [-0.2, -0.15) is 0 Å². The molecule has 8 heteroatoms. The van der Waals surface area contributed by atoms with Crippen molar-refractivity contribution in [3.8, 4) is 0 Å². The van der Waals surface area contributed by atoms with Gasteiger partial charge in [0.1, 0.15) is 11.2 Å². The summed E-state index contributed by atoms with van der Waals surface area (Å²) >= 11 is 0. The molecular formula is C24H39NO7. The molecule has 1 spiro atoms. The van der Waals surface area contributed by atoms with Crippen molar-refractivity contribution in [3.05, 3.63) is 0 Å². The Labute approximate surface area is 189 Å². The van der Waals surface area contributed by atoms with Crippen LogP contribution in [0.15, 0.2) is 0 Å². The van der Waals surface area contributed by atoms with Crippen LogP contribution in [-0.2, 0) is 14.2 Å². The van der Waals surface area contributed by atoms with Gasteiger partial charge in [-0.15, -0.1) is 0 Å². The highest BCUT2D eigenvalue weighted by molar-refractivity contribution is 5.41. The van der Waals surface area contributed by atoms with Gasteiger partial charge in [-0.1, -0.05) is 6.92 Å². The van der Waals surface area contributed by atoms with E-state index in [1.54, 1.807) is 21.3 Å². The van der Waals surface area contributed by atoms with Crippen molar-refractivity contribution >= 4 is 0 Å². The molecule has 182 valence electrons. The molecule has 1 aliphatic heterocycles. The fourth-order valence-electron chi connectivity index (χ4n) is 10.7. The van der Waals surface area contributed by atoms with Crippen LogP contribution >= 0.6 is 0 Å². The van der Waals surface area contributed by atoms with Crippen molar-refractivity contribution in [2.75, 3.05) is 41.0 Å². The minimum atomic E-state index is -1.78. The van der Waals surface area contributed by atoms with E-state index in [2.05, 4.69) is 11.8 Å². The zero-order valence-electron chi connectivity index (χ0n) is 19.6. The molecular weight excluding hydrogens is 414 g/mol. The second-order valence-corrected chi connectivity index (χ2v) is 11.7. The number of aliphatic hydroxyl groups is 4. The normalized spacial score (nSPS) is 62.4. The summed E-state index contributed by atoms with van der Waals surface area (Å²) in [6.07, 6.45) is 0.0262. The summed E-state index contributed by atoms with van der Waals surface area (Å²) in [5.41, 5.74) is -4.43. The van der Waals surface area contributed by atoms with Crippen molar-refractivity contribution in [1.29, 1.82) is 0 Å². The molecule has 6 aliphatic rings. The molecule has 13 atom stereocenters. The predicted octanol–water partition coefficient (Wildman–Crippen LogP) is -0.383. The molecule has 0 radical (unpaired) electrons. The second kappa shape index (κ2) is 6.66. The van der Waals surface area contributed by atoms with E-state index in [1.807, 2.05) is 0 Å². The highest BCUT2D eigenvalue weighted by Crippen LogP contribution is 2.79. The molecule has 6 fully saturated rings. The van der Waals surface area contributed by atoms with Crippen LogP contribution in [0.2, 0.25) is 0 Å². The van der Waals surface area contributed by atoms with Crippen molar-refractivity contribution in [2.24, 2.45) is 34.5 Å². The summed E-state index contributed by atoms with van der Waals surface area (Å²) in [5.74, 6) is -0.671. The van der Waals surface area contributed by atoms with Gasteiger partial charge in [-0.05, 0) is 31.7 Å². The highest BCUT2D eigenvalue weighted by Gasteiger charge is 2.91. The van der Waals surface area contributed by atoms with Crippen molar-refractivity contribution in [1.82, 2.24) is 4.90 Å². The van der Waals surface area contributed by atoms with Crippen LogP contribution in [0.1, 0.15) is 32.6 Å². The van der Waals surface area contributed by atoms with Gasteiger partial charge in [0.2, 0.25) is 0 Å². The monoisotopic (exact) mass is 453 g/mol. The van der Waals surface area contributed by atoms with Crippen LogP contribution in [0.4, 0.5) is 0 Å². The number of methoxy groups -OCH3 is 3. The fraction of sp³-hybridized carbons (Fsp3) is 1.00. The molecule has 0 amide bonds. The summed E-state index contributed by atoms with van der Waals surface area (Å²) in [4.78, 5) is 2.23. The van der Waals surface area contributed by atoms with Gasteiger partial charge in [-0.25, -0.2) is 0 Å². The zero-order valence-corrected chi connectivity index (χ0v) is 19.6. The largest absolute Gasteiger partial charge is 0.392 e. The number of hydrogen-bond donors (Lipinski definition) is 4. The van der Waals surface area contributed by atoms with E-state index in [4.69, 9.17) is 14.2 Å². The summed E-state index contributed by atoms with van der Waals surface area (Å²) in [6, 6.07) is -0.515. The molecule has 1 heterocycles. The maximum Gasteiger partial charge on any atom is 0.136 e. The molecule has 6 rings (SSSR count). The number of hydrogen-bond acceptors (Lipinski definition) is 8. The van der Waals surface area contributed by atoms with E-state index < -0.39 is 34.9 Å². The first kappa shape index (κ1) is 22.2. The van der Waals surface area contributed by atoms with Gasteiger partial charge in [0, 0.05) is 62.9 Å². The Morgan fingerprint density at radius 3 is 2.47 bits per heavy atom. The van der Waals surface area contributed by atoms with E-state index in [1.165, 1.54) is 0 Å². The molecule has 4 N–H and O–H groups in total. The minimum Gasteiger partial charge on any atom is -0.392 e. The van der Waals surface area contributed by atoms with E-state index in [-0.39, 0.29) is 47.7 Å². The maximum absolute atomic E-state index is 12.6. The third-order valence-electron chi connectivity index (χ3n) is 11.3. The van der Waals surface area contributed by atoms with Gasteiger partial charge in [0.15, 0.2) is 0 Å². The average molecular weight is 454 g/mol. The molecule has 0 aromatic rings. The molecule has 32 heavy (non-hydrogen) atoms. The fourth-order valence-corrected chi connectivity index (χ4v) is 10.7. The number of nitrogens with zero attached hydrogens (tertiary/aromatic N) is 1. The predicted molar refractivity (Wildman–Crippen MR) is 114 cm³/mol. The third kappa shape index (κ3) is 1.99. The summed E-state index contributed by atoms with van der Waals surface area (Å²) in [6.45, 7) is 3.90. The lowest BCUT2D eigenvalue weighted by molar-refractivity contribution is -0.318. The quantitative estimate of drug-likeness (QED) is 0.446. The molecule has 5 aliphatic carbocycles. The average Bonchev–Trinajstić information content (AvgIpc) is 3.19. The number of ether oxygens (including phenoxy) is 3. The van der Waals surface area contributed by atoms with Crippen molar-refractivity contribution in [2.45, 2.75) is 74.3 Å². The minimum absolute atomic E-state index is 0.0732. The SMILES string of the molecule is CCN1C[C@]2(COC)CC[C@H](O)[C@@]34[C@@H]5C[C@H]6[C@H](OC)[C@@H]5[C@](O)(C[C@H]6OC)[C@@](O)([C@@H](O)[C@H]23)[C@@H]14. The summed E-state index contributed by atoms with van der Waals surface area (Å²) < 4.78 is 17.5. The lowest BCUT2D eigenvalue weighted by Crippen LogP contribution is -2.82. The van der Waals surface area contributed by atoms with Crippen LogP contribution in [-0.4, -0.2) is 108 Å². The Bertz CT molecular complexity index is 798. The number of likely N-dealkylation sites (N-methyl/N-ethyl adjacent to an activating group) is 1. The van der Waals surface area contributed by atoms with E-state index in [0.717, 1.165) is 12.8 Å². The molecule has 0 aromatic carbocycles. The first-order chi connectivity index (χ1) is 15.2. The molecule has 1 saturated heterocycles. The smallest absolute Gasteiger partial charge is 0.136 e. The molecule has 0 aromatic heterocycles. The highest BCUT2D eigenvalue weighted by atomic mass is 16.5. The van der Waals surface area contributed by atoms with Gasteiger partial charge in [-0.3, -0.25) is 4.90 Å². The van der Waals surface area contributed by atoms with Gasteiger partial charge in [0.05, 0.1) is 37.1 Å². The van der Waals surface area contributed by atoms with Crippen molar-refractivity contribution < 1.29 is 34.6 Å². The van der Waals surface area contributed by atoms with E-state index >= 15 is 0 Å². The Balaban J connectivity index is 1.65. The number of fused-ring (bicyclic) bond motifs is 2. The van der Waals surface area contributed by atoms with Gasteiger partial charge in [0.25, 0.3) is 0 Å². The van der Waals surface area contributed by atoms with Crippen LogP contribution in [0, 0.1) is 34.5 Å². The van der Waals surface area contributed by atoms with Gasteiger partial charge < -0.3 is 34.6 Å². The summed E-state index contributed by atoms with van der Waals surface area (Å²) in [5, 5.41) is 48.9. The Kier molecular flexibility index (Phi) is 4.62. The summed E-state index contributed by atoms with van der Waals surface area (Å²) in [7, 11) is 5.00. The lowest BCUT2D eigenvalue weighted by Gasteiger charge is -2.69. The number of piperidine rings is 1. The molecule has 8 nitrogen and oxygen atoms in total. The first-order valence-corrected chi connectivity index (χ1v) is 12.3. The Morgan fingerprint density at radius 2 is 1.84 bits per heavy atom. The topological polar surface area (TPSA) is 112 Å². The Morgan fingerprint density at radius 1 is 1.09 bits per heavy atom. The zero-order chi connectivity index (χ0) is 22.8. The third-order valence-corrected chi connectivity index (χ3v) is 11.3. The first-order valence-electron chi connectivity index (χ1n) is 12.3. The van der Waals surface area contributed by atoms with Crippen LogP contribution < -0.4 is 0 Å². The van der Waals surface area contributed by atoms with Crippen LogP contribution in [0.3, 0.4) is 0 Å². The number of likely N-dealkylation sites (tertiary alicyclic amines) is 1. The van der Waals surface area contributed by atoms with Gasteiger partial charge >= 0.3 is 0 Å². The van der Waals surface area contributed by atoms with Crippen molar-refractivity contribution in [3.63, 3.8) is 0 Å². The number of aliphatic hydroxyl groups excluding tert-OH is 2. The standard InChI is InChI=1S/C24H39NO7/c1-5-25-10-21(11-30-2)7-6-15(26)23-13-8-12-14(31-3)9-22(28,16(13)17(12)32-4)24(29,20(23)25)19(27)18(21)23/h12-20,26-29H,5-11H2,1-4H3/t12-,13-,14-,15+,16-,17+,18-,19+,20+,21+,22-,23+,24-/m1/s1. The maximum atomic E-state index is 12.6. The van der Waals surface area contributed by atoms with E-state index in [0.29, 0.717) is 26.1 Å². The molecule has 7 bridgehead atoms. The number of rotatable bonds is 5. The van der Waals surface area contributed by atoms with E-state index in [9.17, 15) is 20.4 Å². The molecule has 0 unspecified atom stereocenters. The van der Waals surface area contributed by atoms with Crippen LogP contribution in [0.5, 0.6) is 0 Å². The molecule has 5 saturated carbocycles. The van der Waals surface area contributed by atoms with Crippen LogP contribution in [0.25, 0.3) is 0 Å². The Hall–Kier alpha value is -0.320. The lowest BCUT2D eigenvalue weighted by atomic mass is 9.42. The second-order valence-electron chi connectivity index (χ2n) is 11.7.